The first-order valence-electron chi connectivity index (χ1n) is 13.9. The van der Waals surface area contributed by atoms with Gasteiger partial charge in [-0.25, -0.2) is 14.8 Å². The molecule has 206 valence electrons. The van der Waals surface area contributed by atoms with Crippen LogP contribution in [0.25, 0.3) is 5.57 Å². The number of carbonyl (C=O) groups is 1. The van der Waals surface area contributed by atoms with Gasteiger partial charge >= 0.3 is 0 Å². The third kappa shape index (κ3) is 5.65. The Kier molecular flexibility index (Phi) is 7.62. The average Bonchev–Trinajstić information content (AvgIpc) is 3.51. The van der Waals surface area contributed by atoms with Crippen molar-refractivity contribution in [2.75, 3.05) is 19.6 Å². The van der Waals surface area contributed by atoms with Crippen LogP contribution in [0.1, 0.15) is 81.6 Å². The number of benzene rings is 1. The predicted octanol–water partition coefficient (Wildman–Crippen LogP) is 3.73. The van der Waals surface area contributed by atoms with Gasteiger partial charge in [-0.2, -0.15) is 0 Å². The molecule has 1 saturated carbocycles. The van der Waals surface area contributed by atoms with Gasteiger partial charge in [-0.05, 0) is 75.3 Å². The lowest BCUT2D eigenvalue weighted by molar-refractivity contribution is -0.123. The van der Waals surface area contributed by atoms with E-state index in [4.69, 9.17) is 0 Å². The van der Waals surface area contributed by atoms with E-state index in [-0.39, 0.29) is 41.1 Å². The lowest BCUT2D eigenvalue weighted by Gasteiger charge is -2.36. The Hall–Kier alpha value is -2.75. The minimum absolute atomic E-state index is 0.0461. The number of amides is 1. The van der Waals surface area contributed by atoms with Crippen LogP contribution >= 0.6 is 0 Å². The van der Waals surface area contributed by atoms with Crippen LogP contribution < -0.4 is 16.2 Å². The molecule has 2 aliphatic heterocycles. The number of H-pyrrole nitrogens is 1. The molecule has 0 spiro atoms. The Labute approximate surface area is 224 Å². The van der Waals surface area contributed by atoms with Gasteiger partial charge in [0, 0.05) is 30.5 Å². The van der Waals surface area contributed by atoms with Gasteiger partial charge in [0.1, 0.15) is 17.7 Å². The number of phenols is 1. The van der Waals surface area contributed by atoms with Crippen LogP contribution in [-0.4, -0.2) is 63.3 Å². The maximum Gasteiger partial charge on any atom is 0.234 e. The number of imidazole rings is 1. The molecule has 1 aliphatic carbocycles. The molecule has 5 rings (SSSR count). The molecule has 1 saturated heterocycles. The number of hydrogen-bond acceptors (Lipinski definition) is 6. The standard InChI is InChI=1S/C29H41FN6O2/c1-5-17-14-19(37)6-7-20(17)21-8-9-22-26(25(21)30)34-35-27(22)28-31-15-23(32-28)18-10-12-36(13-11-18)16-24(38)33-29(2,3)4/h6-7,10,14-15,21-22,25-27,34-35,37H,5,8-9,11-13,16H2,1-4H3,(H,31,32)(H,33,38). The first-order valence-corrected chi connectivity index (χ1v) is 13.9. The lowest BCUT2D eigenvalue weighted by Crippen LogP contribution is -2.46. The fraction of sp³-hybridized carbons (Fsp3) is 0.586. The van der Waals surface area contributed by atoms with E-state index < -0.39 is 6.17 Å². The third-order valence-electron chi connectivity index (χ3n) is 8.15. The summed E-state index contributed by atoms with van der Waals surface area (Å²) in [7, 11) is 0. The van der Waals surface area contributed by atoms with Crippen LogP contribution in [0.5, 0.6) is 5.75 Å². The second-order valence-electron chi connectivity index (χ2n) is 12.0. The lowest BCUT2D eigenvalue weighted by atomic mass is 9.71. The molecule has 38 heavy (non-hydrogen) atoms. The Bertz CT molecular complexity index is 1190. The van der Waals surface area contributed by atoms with Crippen LogP contribution in [0.3, 0.4) is 0 Å². The molecule has 5 unspecified atom stereocenters. The quantitative estimate of drug-likeness (QED) is 0.395. The number of hydrogen-bond donors (Lipinski definition) is 5. The van der Waals surface area contributed by atoms with Crippen molar-refractivity contribution in [2.24, 2.45) is 5.92 Å². The zero-order chi connectivity index (χ0) is 27.0. The van der Waals surface area contributed by atoms with Crippen LogP contribution in [-0.2, 0) is 11.2 Å². The number of nitrogens with one attached hydrogen (secondary N) is 4. The molecule has 3 heterocycles. The molecule has 8 nitrogen and oxygen atoms in total. The maximum atomic E-state index is 15.9. The number of alkyl halides is 1. The Balaban J connectivity index is 1.22. The summed E-state index contributed by atoms with van der Waals surface area (Å²) in [6.07, 6.45) is 6.26. The van der Waals surface area contributed by atoms with Gasteiger partial charge in [-0.1, -0.05) is 19.1 Å². The first-order chi connectivity index (χ1) is 18.1. The number of aromatic amines is 1. The normalized spacial score (nSPS) is 28.1. The summed E-state index contributed by atoms with van der Waals surface area (Å²) < 4.78 is 15.9. The molecule has 2 aromatic rings. The van der Waals surface area contributed by atoms with E-state index >= 15 is 4.39 Å². The number of carbonyl (C=O) groups excluding carboxylic acids is 1. The number of aromatic nitrogens is 2. The van der Waals surface area contributed by atoms with Crippen molar-refractivity contribution in [1.82, 2.24) is 31.0 Å². The van der Waals surface area contributed by atoms with Crippen molar-refractivity contribution in [3.05, 3.63) is 53.1 Å². The number of fused-ring (bicyclic) bond motifs is 1. The maximum absolute atomic E-state index is 15.9. The van der Waals surface area contributed by atoms with Crippen molar-refractivity contribution in [3.63, 3.8) is 0 Å². The molecule has 3 aliphatic rings. The van der Waals surface area contributed by atoms with E-state index in [1.54, 1.807) is 12.1 Å². The van der Waals surface area contributed by atoms with Gasteiger partial charge < -0.3 is 15.4 Å². The van der Waals surface area contributed by atoms with Gasteiger partial charge in [-0.3, -0.25) is 15.1 Å². The fourth-order valence-electron chi connectivity index (χ4n) is 6.33. The van der Waals surface area contributed by atoms with E-state index in [2.05, 4.69) is 37.1 Å². The highest BCUT2D eigenvalue weighted by Gasteiger charge is 2.48. The number of aryl methyl sites for hydroxylation is 1. The number of rotatable bonds is 6. The van der Waals surface area contributed by atoms with Crippen molar-refractivity contribution in [2.45, 2.75) is 83.1 Å². The summed E-state index contributed by atoms with van der Waals surface area (Å²) in [6.45, 7) is 9.94. The molecule has 1 aromatic heterocycles. The molecule has 2 fully saturated rings. The van der Waals surface area contributed by atoms with E-state index in [0.717, 1.165) is 61.4 Å². The summed E-state index contributed by atoms with van der Waals surface area (Å²) in [5, 5.41) is 12.9. The van der Waals surface area contributed by atoms with Crippen molar-refractivity contribution < 1.29 is 14.3 Å². The second-order valence-corrected chi connectivity index (χ2v) is 12.0. The molecule has 0 radical (unpaired) electrons. The van der Waals surface area contributed by atoms with Crippen molar-refractivity contribution in [1.29, 1.82) is 0 Å². The highest BCUT2D eigenvalue weighted by atomic mass is 19.1. The monoisotopic (exact) mass is 524 g/mol. The summed E-state index contributed by atoms with van der Waals surface area (Å²) in [5.41, 5.74) is 10.6. The molecule has 0 bridgehead atoms. The number of hydrazine groups is 1. The second kappa shape index (κ2) is 10.8. The minimum Gasteiger partial charge on any atom is -0.508 e. The van der Waals surface area contributed by atoms with Crippen molar-refractivity contribution in [3.8, 4) is 5.75 Å². The van der Waals surface area contributed by atoms with E-state index in [9.17, 15) is 9.90 Å². The van der Waals surface area contributed by atoms with Crippen LogP contribution in [0, 0.1) is 5.92 Å². The molecular weight excluding hydrogens is 483 g/mol. The van der Waals surface area contributed by atoms with Gasteiger partial charge in [0.2, 0.25) is 5.91 Å². The highest BCUT2D eigenvalue weighted by molar-refractivity contribution is 5.79. The summed E-state index contributed by atoms with van der Waals surface area (Å²) in [5.74, 6) is 1.02. The number of halogens is 1. The zero-order valence-electron chi connectivity index (χ0n) is 22.9. The van der Waals surface area contributed by atoms with Crippen LogP contribution in [0.4, 0.5) is 4.39 Å². The van der Waals surface area contributed by atoms with Gasteiger partial charge in [0.25, 0.3) is 0 Å². The molecule has 1 amide bonds. The smallest absolute Gasteiger partial charge is 0.234 e. The van der Waals surface area contributed by atoms with Gasteiger partial charge in [0.15, 0.2) is 0 Å². The topological polar surface area (TPSA) is 105 Å². The fourth-order valence-corrected chi connectivity index (χ4v) is 6.33. The average molecular weight is 525 g/mol. The Morgan fingerprint density at radius 2 is 2.08 bits per heavy atom. The summed E-state index contributed by atoms with van der Waals surface area (Å²) >= 11 is 0. The van der Waals surface area contributed by atoms with Crippen molar-refractivity contribution >= 4 is 11.5 Å². The molecule has 1 aromatic carbocycles. The molecule has 5 N–H and O–H groups in total. The minimum atomic E-state index is -1.03. The van der Waals surface area contributed by atoms with E-state index in [1.165, 1.54) is 5.57 Å². The molecule has 5 atom stereocenters. The Morgan fingerprint density at radius 1 is 1.26 bits per heavy atom. The first kappa shape index (κ1) is 26.8. The zero-order valence-corrected chi connectivity index (χ0v) is 22.9. The summed E-state index contributed by atoms with van der Waals surface area (Å²) in [4.78, 5) is 22.6. The number of nitrogens with zero attached hydrogens (tertiary/aromatic N) is 2. The Morgan fingerprint density at radius 3 is 2.79 bits per heavy atom. The largest absolute Gasteiger partial charge is 0.508 e. The molecule has 9 heteroatoms. The SMILES string of the molecule is CCc1cc(O)ccc1C1CCC2C(c3ncc(C4=CCN(CC(=O)NC(C)(C)C)CC4)[nH]3)NNC2C1F. The number of aromatic hydroxyl groups is 1. The van der Waals surface area contributed by atoms with E-state index in [0.29, 0.717) is 6.54 Å². The third-order valence-corrected chi connectivity index (χ3v) is 8.15. The number of phenolic OH excluding ortho intramolecular Hbond substituents is 1. The van der Waals surface area contributed by atoms with Crippen LogP contribution in [0.15, 0.2) is 30.5 Å². The molecular formula is C29H41FN6O2. The highest BCUT2D eigenvalue weighted by Crippen LogP contribution is 2.45. The van der Waals surface area contributed by atoms with Gasteiger partial charge in [0.05, 0.1) is 30.5 Å². The van der Waals surface area contributed by atoms with Gasteiger partial charge in [-0.15, -0.1) is 0 Å². The van der Waals surface area contributed by atoms with Crippen LogP contribution in [0.2, 0.25) is 0 Å². The predicted molar refractivity (Wildman–Crippen MR) is 146 cm³/mol. The van der Waals surface area contributed by atoms with E-state index in [1.807, 2.05) is 40.0 Å². The summed E-state index contributed by atoms with van der Waals surface area (Å²) in [6, 6.07) is 4.94.